The SMILES string of the molecule is C[C@H](Cc1ccsc1)NC(=O)N[C@H]1CCCC[C@@H]1CO. The van der Waals surface area contributed by atoms with Crippen molar-refractivity contribution in [2.24, 2.45) is 5.92 Å². The van der Waals surface area contributed by atoms with E-state index in [9.17, 15) is 9.90 Å². The van der Waals surface area contributed by atoms with Crippen LogP contribution in [0.1, 0.15) is 38.2 Å². The molecular weight excluding hydrogens is 272 g/mol. The molecule has 3 atom stereocenters. The molecule has 3 N–H and O–H groups in total. The van der Waals surface area contributed by atoms with E-state index in [1.165, 1.54) is 5.56 Å². The van der Waals surface area contributed by atoms with Gasteiger partial charge in [0, 0.05) is 24.6 Å². The Balaban J connectivity index is 1.76. The first-order valence-corrected chi connectivity index (χ1v) is 8.32. The highest BCUT2D eigenvalue weighted by molar-refractivity contribution is 7.07. The van der Waals surface area contributed by atoms with Crippen molar-refractivity contribution in [3.63, 3.8) is 0 Å². The Bertz CT molecular complexity index is 408. The lowest BCUT2D eigenvalue weighted by Gasteiger charge is -2.31. The van der Waals surface area contributed by atoms with Gasteiger partial charge in [-0.3, -0.25) is 0 Å². The second-order valence-corrected chi connectivity index (χ2v) is 6.47. The fourth-order valence-electron chi connectivity index (χ4n) is 2.86. The van der Waals surface area contributed by atoms with Crippen molar-refractivity contribution in [2.45, 2.75) is 51.1 Å². The van der Waals surface area contributed by atoms with E-state index < -0.39 is 0 Å². The van der Waals surface area contributed by atoms with Crippen LogP contribution < -0.4 is 10.6 Å². The predicted molar refractivity (Wildman–Crippen MR) is 82.0 cm³/mol. The van der Waals surface area contributed by atoms with Crippen molar-refractivity contribution in [1.29, 1.82) is 0 Å². The maximum Gasteiger partial charge on any atom is 0.315 e. The molecule has 0 spiro atoms. The van der Waals surface area contributed by atoms with Crippen molar-refractivity contribution in [2.75, 3.05) is 6.61 Å². The van der Waals surface area contributed by atoms with Gasteiger partial charge in [0.25, 0.3) is 0 Å². The van der Waals surface area contributed by atoms with Gasteiger partial charge in [-0.15, -0.1) is 0 Å². The van der Waals surface area contributed by atoms with E-state index in [2.05, 4.69) is 27.5 Å². The van der Waals surface area contributed by atoms with E-state index in [0.717, 1.165) is 32.1 Å². The molecule has 1 aromatic heterocycles. The molecule has 1 aliphatic carbocycles. The van der Waals surface area contributed by atoms with Crippen molar-refractivity contribution in [3.8, 4) is 0 Å². The number of thiophene rings is 1. The zero-order chi connectivity index (χ0) is 14.4. The molecular formula is C15H24N2O2S. The fraction of sp³-hybridized carbons (Fsp3) is 0.667. The van der Waals surface area contributed by atoms with Crippen LogP contribution in [0.3, 0.4) is 0 Å². The van der Waals surface area contributed by atoms with Crippen LogP contribution >= 0.6 is 11.3 Å². The van der Waals surface area contributed by atoms with E-state index in [4.69, 9.17) is 0 Å². The predicted octanol–water partition coefficient (Wildman–Crippen LogP) is 2.53. The van der Waals surface area contributed by atoms with E-state index >= 15 is 0 Å². The standard InChI is InChI=1S/C15H24N2O2S/c1-11(8-12-6-7-20-10-12)16-15(19)17-14-5-3-2-4-13(14)9-18/h6-7,10-11,13-14,18H,2-5,8-9H2,1H3,(H2,16,17,19)/t11-,13-,14+/m1/s1. The summed E-state index contributed by atoms with van der Waals surface area (Å²) in [7, 11) is 0. The Hall–Kier alpha value is -1.07. The highest BCUT2D eigenvalue weighted by atomic mass is 32.1. The number of carbonyl (C=O) groups excluding carboxylic acids is 1. The summed E-state index contributed by atoms with van der Waals surface area (Å²) in [5.74, 6) is 0.210. The van der Waals surface area contributed by atoms with Crippen LogP contribution in [0.5, 0.6) is 0 Å². The number of urea groups is 1. The van der Waals surface area contributed by atoms with Gasteiger partial charge < -0.3 is 15.7 Å². The van der Waals surface area contributed by atoms with E-state index in [0.29, 0.717) is 0 Å². The summed E-state index contributed by atoms with van der Waals surface area (Å²) in [5, 5.41) is 19.5. The number of hydrogen-bond acceptors (Lipinski definition) is 3. The molecule has 2 amide bonds. The second kappa shape index (κ2) is 7.64. The molecule has 2 rings (SSSR count). The number of amides is 2. The van der Waals surface area contributed by atoms with Crippen molar-refractivity contribution in [3.05, 3.63) is 22.4 Å². The third kappa shape index (κ3) is 4.49. The third-order valence-electron chi connectivity index (χ3n) is 3.96. The lowest BCUT2D eigenvalue weighted by atomic mass is 9.85. The molecule has 1 aliphatic rings. The monoisotopic (exact) mass is 296 g/mol. The molecule has 0 radical (unpaired) electrons. The molecule has 112 valence electrons. The van der Waals surface area contributed by atoms with Crippen LogP contribution in [0.4, 0.5) is 4.79 Å². The first-order chi connectivity index (χ1) is 9.69. The van der Waals surface area contributed by atoms with Gasteiger partial charge >= 0.3 is 6.03 Å². The summed E-state index contributed by atoms with van der Waals surface area (Å²) in [6, 6.07) is 2.20. The first-order valence-electron chi connectivity index (χ1n) is 7.38. The molecule has 1 aromatic rings. The average Bonchev–Trinajstić information content (AvgIpc) is 2.91. The lowest BCUT2D eigenvalue weighted by molar-refractivity contribution is 0.153. The molecule has 5 heteroatoms. The van der Waals surface area contributed by atoms with Gasteiger partial charge in [0.2, 0.25) is 0 Å². The summed E-state index contributed by atoms with van der Waals surface area (Å²) in [5.41, 5.74) is 1.26. The maximum absolute atomic E-state index is 12.0. The van der Waals surface area contributed by atoms with Gasteiger partial charge in [0.15, 0.2) is 0 Å². The van der Waals surface area contributed by atoms with Crippen molar-refractivity contribution < 1.29 is 9.90 Å². The molecule has 4 nitrogen and oxygen atoms in total. The van der Waals surface area contributed by atoms with Gasteiger partial charge in [-0.1, -0.05) is 12.8 Å². The second-order valence-electron chi connectivity index (χ2n) is 5.69. The van der Waals surface area contributed by atoms with Crippen molar-refractivity contribution in [1.82, 2.24) is 10.6 Å². The van der Waals surface area contributed by atoms with Crippen molar-refractivity contribution >= 4 is 17.4 Å². The van der Waals surface area contributed by atoms with E-state index in [-0.39, 0.29) is 30.6 Å². The molecule has 0 saturated heterocycles. The van der Waals surface area contributed by atoms with Gasteiger partial charge in [-0.05, 0) is 48.6 Å². The van der Waals surface area contributed by atoms with Crippen LogP contribution in [0, 0.1) is 5.92 Å². The Labute approximate surface area is 124 Å². The van der Waals surface area contributed by atoms with Crippen LogP contribution in [0.15, 0.2) is 16.8 Å². The van der Waals surface area contributed by atoms with Crippen LogP contribution in [-0.2, 0) is 6.42 Å². The maximum atomic E-state index is 12.0. The minimum Gasteiger partial charge on any atom is -0.396 e. The van der Waals surface area contributed by atoms with Gasteiger partial charge in [-0.2, -0.15) is 11.3 Å². The first kappa shape index (κ1) is 15.3. The fourth-order valence-corrected chi connectivity index (χ4v) is 3.54. The van der Waals surface area contributed by atoms with Crippen LogP contribution in [-0.4, -0.2) is 29.8 Å². The smallest absolute Gasteiger partial charge is 0.315 e. The number of carbonyl (C=O) groups is 1. The number of aliphatic hydroxyl groups is 1. The van der Waals surface area contributed by atoms with E-state index in [1.54, 1.807) is 11.3 Å². The molecule has 0 aromatic carbocycles. The Kier molecular flexibility index (Phi) is 5.86. The van der Waals surface area contributed by atoms with Crippen LogP contribution in [0.2, 0.25) is 0 Å². The molecule has 1 saturated carbocycles. The molecule has 0 aliphatic heterocycles. The van der Waals surface area contributed by atoms with Gasteiger partial charge in [0.05, 0.1) is 0 Å². The van der Waals surface area contributed by atoms with Gasteiger partial charge in [-0.25, -0.2) is 4.79 Å². The zero-order valence-corrected chi connectivity index (χ0v) is 12.8. The highest BCUT2D eigenvalue weighted by Crippen LogP contribution is 2.23. The summed E-state index contributed by atoms with van der Waals surface area (Å²) in [6.07, 6.45) is 5.11. The Morgan fingerprint density at radius 1 is 1.50 bits per heavy atom. The van der Waals surface area contributed by atoms with E-state index in [1.807, 2.05) is 6.92 Å². The third-order valence-corrected chi connectivity index (χ3v) is 4.69. The number of hydrogen-bond donors (Lipinski definition) is 3. The minimum absolute atomic E-state index is 0.112. The molecule has 0 bridgehead atoms. The molecule has 1 heterocycles. The summed E-state index contributed by atoms with van der Waals surface area (Å²) < 4.78 is 0. The number of nitrogens with one attached hydrogen (secondary N) is 2. The van der Waals surface area contributed by atoms with Crippen LogP contribution in [0.25, 0.3) is 0 Å². The summed E-state index contributed by atoms with van der Waals surface area (Å²) in [6.45, 7) is 2.18. The number of aliphatic hydroxyl groups excluding tert-OH is 1. The zero-order valence-electron chi connectivity index (χ0n) is 12.0. The van der Waals surface area contributed by atoms with Gasteiger partial charge in [0.1, 0.15) is 0 Å². The number of rotatable bonds is 5. The molecule has 20 heavy (non-hydrogen) atoms. The summed E-state index contributed by atoms with van der Waals surface area (Å²) in [4.78, 5) is 12.0. The average molecular weight is 296 g/mol. The largest absolute Gasteiger partial charge is 0.396 e. The minimum atomic E-state index is -0.113. The lowest BCUT2D eigenvalue weighted by Crippen LogP contribution is -2.50. The molecule has 1 fully saturated rings. The topological polar surface area (TPSA) is 61.4 Å². The molecule has 0 unspecified atom stereocenters. The summed E-state index contributed by atoms with van der Waals surface area (Å²) >= 11 is 1.68. The Morgan fingerprint density at radius 2 is 2.30 bits per heavy atom. The highest BCUT2D eigenvalue weighted by Gasteiger charge is 2.26. The quantitative estimate of drug-likeness (QED) is 0.782. The Morgan fingerprint density at radius 3 is 3.00 bits per heavy atom. The normalized spacial score (nSPS) is 24.1.